The number of hydrogen-bond acceptors (Lipinski definition) is 2. The van der Waals surface area contributed by atoms with Gasteiger partial charge < -0.3 is 5.73 Å². The summed E-state index contributed by atoms with van der Waals surface area (Å²) in [4.78, 5) is 10.8. The van der Waals surface area contributed by atoms with Crippen LogP contribution in [0.25, 0.3) is 0 Å². The van der Waals surface area contributed by atoms with Crippen LogP contribution in [0.1, 0.15) is 35.7 Å². The van der Waals surface area contributed by atoms with E-state index >= 15 is 0 Å². The van der Waals surface area contributed by atoms with E-state index in [-0.39, 0.29) is 12.0 Å². The van der Waals surface area contributed by atoms with Gasteiger partial charge in [0.2, 0.25) is 5.91 Å². The Bertz CT molecular complexity index is 539. The van der Waals surface area contributed by atoms with Crippen molar-refractivity contribution in [2.24, 2.45) is 11.7 Å². The van der Waals surface area contributed by atoms with Crippen molar-refractivity contribution in [3.63, 3.8) is 0 Å². The fourth-order valence-electron chi connectivity index (χ4n) is 2.72. The van der Waals surface area contributed by atoms with E-state index in [0.29, 0.717) is 4.68 Å². The van der Waals surface area contributed by atoms with Crippen molar-refractivity contribution in [2.75, 3.05) is 0 Å². The quantitative estimate of drug-likeness (QED) is 0.840. The minimum atomic E-state index is -3.20. The molecule has 2 atom stereocenters. The Morgan fingerprint density at radius 2 is 2.22 bits per heavy atom. The van der Waals surface area contributed by atoms with Crippen LogP contribution in [0.3, 0.4) is 0 Å². The first-order valence-corrected chi connectivity index (χ1v) is 5.39. The molecule has 4 nitrogen and oxygen atoms in total. The summed E-state index contributed by atoms with van der Waals surface area (Å²) >= 11 is 0. The fourth-order valence-corrected chi connectivity index (χ4v) is 2.72. The molecule has 3 rings (SSSR count). The van der Waals surface area contributed by atoms with E-state index < -0.39 is 48.0 Å². The molecule has 1 amide bonds. The summed E-state index contributed by atoms with van der Waals surface area (Å²) < 4.78 is 54.0. The maximum absolute atomic E-state index is 13.9. The zero-order valence-electron chi connectivity index (χ0n) is 9.04. The predicted octanol–water partition coefficient (Wildman–Crippen LogP) is 1.51. The molecule has 1 heterocycles. The lowest BCUT2D eigenvalue weighted by atomic mass is 10.1. The normalized spacial score (nSPS) is 27.2. The minimum absolute atomic E-state index is 0.0822. The van der Waals surface area contributed by atoms with Crippen LogP contribution < -0.4 is 5.73 Å². The summed E-state index contributed by atoms with van der Waals surface area (Å²) in [6.45, 7) is -0.607. The molecule has 0 aromatic carbocycles. The molecule has 2 N–H and O–H groups in total. The second kappa shape index (κ2) is 3.24. The van der Waals surface area contributed by atoms with Crippen LogP contribution in [0.15, 0.2) is 0 Å². The van der Waals surface area contributed by atoms with Gasteiger partial charge in [0, 0.05) is 11.5 Å². The molecule has 1 saturated carbocycles. The Balaban J connectivity index is 2.16. The predicted molar refractivity (Wildman–Crippen MR) is 51.1 cm³/mol. The first-order chi connectivity index (χ1) is 8.34. The van der Waals surface area contributed by atoms with Crippen molar-refractivity contribution in [1.29, 1.82) is 0 Å². The summed E-state index contributed by atoms with van der Waals surface area (Å²) in [5, 5.41) is 3.43. The highest BCUT2D eigenvalue weighted by atomic mass is 19.3. The minimum Gasteiger partial charge on any atom is -0.368 e. The monoisotopic (exact) mass is 263 g/mol. The number of rotatable bonds is 3. The van der Waals surface area contributed by atoms with E-state index in [4.69, 9.17) is 5.73 Å². The fraction of sp³-hybridized carbons (Fsp3) is 0.600. The number of alkyl halides is 4. The molecule has 0 bridgehead atoms. The Kier molecular flexibility index (Phi) is 2.07. The molecule has 98 valence electrons. The Hall–Kier alpha value is -1.60. The third-order valence-electron chi connectivity index (χ3n) is 3.47. The third-order valence-corrected chi connectivity index (χ3v) is 3.47. The zero-order chi connectivity index (χ0) is 13.2. The molecule has 8 heteroatoms. The summed E-state index contributed by atoms with van der Waals surface area (Å²) in [7, 11) is 0. The van der Waals surface area contributed by atoms with E-state index in [1.54, 1.807) is 0 Å². The van der Waals surface area contributed by atoms with Gasteiger partial charge in [-0.3, -0.25) is 9.48 Å². The highest BCUT2D eigenvalue weighted by Gasteiger charge is 2.67. The second-order valence-electron chi connectivity index (χ2n) is 4.64. The molecule has 0 spiro atoms. The largest absolute Gasteiger partial charge is 0.368 e. The van der Waals surface area contributed by atoms with Gasteiger partial charge in [0.1, 0.15) is 17.9 Å². The number of nitrogens with two attached hydrogens (primary N) is 1. The first kappa shape index (κ1) is 11.5. The van der Waals surface area contributed by atoms with Crippen LogP contribution in [0.4, 0.5) is 17.6 Å². The van der Waals surface area contributed by atoms with Crippen LogP contribution in [-0.4, -0.2) is 15.7 Å². The number of carbonyl (C=O) groups excluding carboxylic acids is 1. The van der Waals surface area contributed by atoms with Gasteiger partial charge in [-0.05, 0) is 12.3 Å². The Morgan fingerprint density at radius 3 is 2.78 bits per heavy atom. The van der Waals surface area contributed by atoms with Gasteiger partial charge >= 0.3 is 0 Å². The molecule has 1 aromatic rings. The topological polar surface area (TPSA) is 60.9 Å². The van der Waals surface area contributed by atoms with E-state index in [1.807, 2.05) is 0 Å². The second-order valence-corrected chi connectivity index (χ2v) is 4.64. The van der Waals surface area contributed by atoms with Crippen LogP contribution in [0, 0.1) is 5.92 Å². The summed E-state index contributed by atoms with van der Waals surface area (Å²) in [6, 6.07) is 0. The van der Waals surface area contributed by atoms with Gasteiger partial charge in [0.15, 0.2) is 0 Å². The third kappa shape index (κ3) is 1.31. The first-order valence-electron chi connectivity index (χ1n) is 5.39. The lowest BCUT2D eigenvalue weighted by Crippen LogP contribution is -2.26. The Morgan fingerprint density at radius 1 is 1.56 bits per heavy atom. The van der Waals surface area contributed by atoms with E-state index in [1.165, 1.54) is 0 Å². The average Bonchev–Trinajstić information content (AvgIpc) is 2.88. The summed E-state index contributed by atoms with van der Waals surface area (Å²) in [6.07, 6.45) is -2.73. The van der Waals surface area contributed by atoms with Crippen molar-refractivity contribution in [3.05, 3.63) is 17.0 Å². The van der Waals surface area contributed by atoms with Gasteiger partial charge in [-0.15, -0.1) is 0 Å². The molecule has 1 aromatic heterocycles. The molecule has 0 radical (unpaired) electrons. The van der Waals surface area contributed by atoms with Crippen molar-refractivity contribution in [3.8, 4) is 0 Å². The lowest BCUT2D eigenvalue weighted by molar-refractivity contribution is -0.119. The van der Waals surface area contributed by atoms with Crippen LogP contribution >= 0.6 is 0 Å². The highest BCUT2D eigenvalue weighted by molar-refractivity contribution is 5.73. The number of nitrogens with zero attached hydrogens (tertiary/aromatic N) is 2. The summed E-state index contributed by atoms with van der Waals surface area (Å²) in [5.41, 5.74) is 3.62. The molecule has 18 heavy (non-hydrogen) atoms. The number of primary amides is 1. The van der Waals surface area contributed by atoms with E-state index in [0.717, 1.165) is 0 Å². The number of fused-ring (bicyclic) bond motifs is 3. The van der Waals surface area contributed by atoms with Crippen molar-refractivity contribution >= 4 is 5.91 Å². The molecule has 2 aliphatic rings. The highest BCUT2D eigenvalue weighted by Crippen LogP contribution is 2.68. The number of halogens is 4. The molecule has 1 fully saturated rings. The number of hydrogen-bond donors (Lipinski definition) is 1. The van der Waals surface area contributed by atoms with Gasteiger partial charge in [-0.1, -0.05) is 0 Å². The standard InChI is InChI=1S/C10H9F4N3O/c11-9(12)7-6-3-1-4(3)10(13,14)8(6)17(16-7)2-5(15)18/h3-4,9H,1-2H2,(H2,15,18). The van der Waals surface area contributed by atoms with Gasteiger partial charge in [-0.2, -0.15) is 13.9 Å². The van der Waals surface area contributed by atoms with E-state index in [9.17, 15) is 22.4 Å². The SMILES string of the molecule is NC(=O)Cn1nc(C(F)F)c2c1C(F)(F)C1CC21. The van der Waals surface area contributed by atoms with Gasteiger partial charge in [0.05, 0.1) is 0 Å². The molecule has 0 saturated heterocycles. The number of aromatic nitrogens is 2. The lowest BCUT2D eigenvalue weighted by Gasteiger charge is -2.14. The smallest absolute Gasteiger partial charge is 0.293 e. The zero-order valence-corrected chi connectivity index (χ0v) is 9.04. The van der Waals surface area contributed by atoms with Crippen molar-refractivity contribution < 1.29 is 22.4 Å². The van der Waals surface area contributed by atoms with Crippen molar-refractivity contribution in [2.45, 2.75) is 31.2 Å². The molecule has 2 unspecified atom stereocenters. The molecular formula is C10H9F4N3O. The molecular weight excluding hydrogens is 254 g/mol. The summed E-state index contributed by atoms with van der Waals surface area (Å²) in [5.74, 6) is -5.57. The maximum atomic E-state index is 13.9. The van der Waals surface area contributed by atoms with E-state index in [2.05, 4.69) is 5.10 Å². The van der Waals surface area contributed by atoms with Gasteiger partial charge in [-0.25, -0.2) is 8.78 Å². The Labute approximate surface area is 98.7 Å². The van der Waals surface area contributed by atoms with Crippen LogP contribution in [0.5, 0.6) is 0 Å². The van der Waals surface area contributed by atoms with Crippen molar-refractivity contribution in [1.82, 2.24) is 9.78 Å². The molecule has 0 aliphatic heterocycles. The average molecular weight is 263 g/mol. The molecule has 2 aliphatic carbocycles. The van der Waals surface area contributed by atoms with Gasteiger partial charge in [0.25, 0.3) is 12.3 Å². The van der Waals surface area contributed by atoms with Crippen LogP contribution in [-0.2, 0) is 17.3 Å². The number of carbonyl (C=O) groups is 1. The number of amides is 1. The maximum Gasteiger partial charge on any atom is 0.293 e. The van der Waals surface area contributed by atoms with Crippen LogP contribution in [0.2, 0.25) is 0 Å².